The number of hydrogen-bond acceptors (Lipinski definition) is 8. The second-order valence-corrected chi connectivity index (χ2v) is 13.0. The van der Waals surface area contributed by atoms with E-state index in [-0.39, 0.29) is 34.4 Å². The van der Waals surface area contributed by atoms with Gasteiger partial charge in [0.05, 0.1) is 28.3 Å². The summed E-state index contributed by atoms with van der Waals surface area (Å²) in [5.74, 6) is -0.420. The molecule has 2 aliphatic rings. The van der Waals surface area contributed by atoms with Gasteiger partial charge in [-0.3, -0.25) is 23.7 Å². The van der Waals surface area contributed by atoms with E-state index in [1.54, 1.807) is 50.6 Å². The Morgan fingerprint density at radius 1 is 1.09 bits per heavy atom. The lowest BCUT2D eigenvalue weighted by atomic mass is 10.0. The Morgan fingerprint density at radius 3 is 2.46 bits per heavy atom. The van der Waals surface area contributed by atoms with Crippen molar-refractivity contribution in [3.63, 3.8) is 0 Å². The summed E-state index contributed by atoms with van der Waals surface area (Å²) in [6, 6.07) is 11.7. The molecule has 2 fully saturated rings. The number of carbonyl (C=O) groups excluding carboxylic acids is 2. The molecule has 6 rings (SSSR count). The lowest BCUT2D eigenvalue weighted by molar-refractivity contribution is -0.129. The first-order valence-electron chi connectivity index (χ1n) is 15.1. The minimum Gasteiger partial charge on any atom is -0.377 e. The summed E-state index contributed by atoms with van der Waals surface area (Å²) >= 11 is 7.26. The van der Waals surface area contributed by atoms with E-state index < -0.39 is 17.8 Å². The first-order chi connectivity index (χ1) is 22.0. The van der Waals surface area contributed by atoms with Gasteiger partial charge in [-0.1, -0.05) is 29.6 Å². The predicted octanol–water partition coefficient (Wildman–Crippen LogP) is 5.48. The molecule has 2 amide bonds. The van der Waals surface area contributed by atoms with Crippen LogP contribution in [0.15, 0.2) is 47.3 Å². The molecule has 0 radical (unpaired) electrons. The normalized spacial score (nSPS) is 18.2. The highest BCUT2D eigenvalue weighted by atomic mass is 35.5. The Balaban J connectivity index is 1.38. The molecule has 240 valence electrons. The highest BCUT2D eigenvalue weighted by Gasteiger charge is 2.41. The van der Waals surface area contributed by atoms with E-state index >= 15 is 4.39 Å². The molecule has 0 spiro atoms. The van der Waals surface area contributed by atoms with Crippen LogP contribution in [0.3, 0.4) is 0 Å². The van der Waals surface area contributed by atoms with Gasteiger partial charge in [0, 0.05) is 56.5 Å². The molecule has 46 heavy (non-hydrogen) atoms. The third-order valence-corrected chi connectivity index (χ3v) is 9.48. The summed E-state index contributed by atoms with van der Waals surface area (Å²) in [5, 5.41) is 3.97. The fourth-order valence-electron chi connectivity index (χ4n) is 6.73. The van der Waals surface area contributed by atoms with Crippen LogP contribution in [0.1, 0.15) is 54.3 Å². The second-order valence-electron chi connectivity index (χ2n) is 12.0. The SMILES string of the molecule is CSNC(=O)c1nc(Cl)ccc1NC(C)c1cc(C)cc2c(=O)n(C)c(-c3ccc(N4C5CCC4CN(C(C)=O)C5)c(F)c3)nc12. The molecular weight excluding hydrogens is 629 g/mol. The van der Waals surface area contributed by atoms with Gasteiger partial charge in [0.1, 0.15) is 16.8 Å². The van der Waals surface area contributed by atoms with E-state index in [2.05, 4.69) is 19.9 Å². The smallest absolute Gasteiger partial charge is 0.281 e. The van der Waals surface area contributed by atoms with Crippen LogP contribution in [0.25, 0.3) is 22.3 Å². The van der Waals surface area contributed by atoms with Crippen molar-refractivity contribution in [3.05, 3.63) is 80.6 Å². The van der Waals surface area contributed by atoms with Crippen molar-refractivity contribution in [2.75, 3.05) is 29.6 Å². The molecule has 3 unspecified atom stereocenters. The summed E-state index contributed by atoms with van der Waals surface area (Å²) in [7, 11) is 1.64. The van der Waals surface area contributed by atoms with Crippen molar-refractivity contribution in [1.82, 2.24) is 24.2 Å². The minimum atomic E-state index is -0.401. The standard InChI is InChI=1S/C33H35ClFN7O3S/c1-17-12-23(18(2)36-26-9-11-28(34)37-30(26)32(44)39-46-5)29-24(13-17)33(45)40(4)31(38-29)20-6-10-27(25(35)14-20)42-21-7-8-22(42)16-41(15-21)19(3)43/h6,9-14,18,21-22,36H,7-8,15-16H2,1-5H3,(H,39,44). The average Bonchev–Trinajstić information content (AvgIpc) is 3.26. The summed E-state index contributed by atoms with van der Waals surface area (Å²) in [5.41, 5.74) is 3.40. The van der Waals surface area contributed by atoms with Gasteiger partial charge in [-0.2, -0.15) is 0 Å². The molecule has 4 aromatic rings. The van der Waals surface area contributed by atoms with Crippen molar-refractivity contribution in [2.45, 2.75) is 51.7 Å². The highest BCUT2D eigenvalue weighted by molar-refractivity contribution is 7.97. The lowest BCUT2D eigenvalue weighted by Crippen LogP contribution is -2.55. The van der Waals surface area contributed by atoms with Crippen molar-refractivity contribution in [1.29, 1.82) is 0 Å². The van der Waals surface area contributed by atoms with Crippen LogP contribution in [-0.2, 0) is 11.8 Å². The molecule has 2 aromatic carbocycles. The fraction of sp³-hybridized carbons (Fsp3) is 0.364. The van der Waals surface area contributed by atoms with Crippen LogP contribution in [0.2, 0.25) is 5.15 Å². The van der Waals surface area contributed by atoms with Gasteiger partial charge < -0.3 is 15.1 Å². The van der Waals surface area contributed by atoms with Gasteiger partial charge in [0.2, 0.25) is 5.91 Å². The Hall–Kier alpha value is -4.16. The number of piperazine rings is 1. The number of aryl methyl sites for hydroxylation is 1. The Bertz CT molecular complexity index is 1920. The summed E-state index contributed by atoms with van der Waals surface area (Å²) in [6.07, 6.45) is 3.54. The quantitative estimate of drug-likeness (QED) is 0.198. The van der Waals surface area contributed by atoms with Crippen LogP contribution in [0.5, 0.6) is 0 Å². The molecule has 13 heteroatoms. The van der Waals surface area contributed by atoms with Gasteiger partial charge in [0.15, 0.2) is 5.69 Å². The first-order valence-corrected chi connectivity index (χ1v) is 16.7. The molecule has 10 nitrogen and oxygen atoms in total. The number of likely N-dealkylation sites (tertiary alicyclic amines) is 1. The third kappa shape index (κ3) is 5.79. The maximum Gasteiger partial charge on any atom is 0.281 e. The molecular formula is C33H35ClFN7O3S. The molecule has 3 atom stereocenters. The molecule has 2 saturated heterocycles. The topological polar surface area (TPSA) is 112 Å². The van der Waals surface area contributed by atoms with Gasteiger partial charge >= 0.3 is 0 Å². The molecule has 2 aliphatic heterocycles. The van der Waals surface area contributed by atoms with E-state index in [0.29, 0.717) is 46.8 Å². The number of fused-ring (bicyclic) bond motifs is 3. The molecule has 0 saturated carbocycles. The van der Waals surface area contributed by atoms with Gasteiger partial charge in [0.25, 0.3) is 11.5 Å². The van der Waals surface area contributed by atoms with Crippen LogP contribution in [0.4, 0.5) is 15.8 Å². The van der Waals surface area contributed by atoms with Crippen molar-refractivity contribution < 1.29 is 14.0 Å². The zero-order valence-electron chi connectivity index (χ0n) is 26.2. The van der Waals surface area contributed by atoms with E-state index in [4.69, 9.17) is 16.6 Å². The van der Waals surface area contributed by atoms with Crippen LogP contribution in [-0.4, -0.2) is 62.7 Å². The summed E-state index contributed by atoms with van der Waals surface area (Å²) in [4.78, 5) is 51.6. The number of hydrogen-bond donors (Lipinski definition) is 2. The van der Waals surface area contributed by atoms with E-state index in [9.17, 15) is 14.4 Å². The fourth-order valence-corrected chi connectivity index (χ4v) is 7.16. The first kappa shape index (κ1) is 31.8. The molecule has 2 bridgehead atoms. The zero-order valence-corrected chi connectivity index (χ0v) is 27.8. The van der Waals surface area contributed by atoms with E-state index in [0.717, 1.165) is 35.9 Å². The van der Waals surface area contributed by atoms with Gasteiger partial charge in [-0.15, -0.1) is 0 Å². The molecule has 4 heterocycles. The number of nitrogens with one attached hydrogen (secondary N) is 2. The maximum atomic E-state index is 15.9. The summed E-state index contributed by atoms with van der Waals surface area (Å²) in [6.45, 7) is 6.55. The number of halogens is 2. The lowest BCUT2D eigenvalue weighted by Gasteiger charge is -2.42. The van der Waals surface area contributed by atoms with Gasteiger partial charge in [-0.25, -0.2) is 14.4 Å². The minimum absolute atomic E-state index is 0.0427. The number of benzene rings is 2. The van der Waals surface area contributed by atoms with Crippen molar-refractivity contribution >= 4 is 57.6 Å². The number of anilines is 2. The molecule has 2 N–H and O–H groups in total. The molecule has 0 aliphatic carbocycles. The number of nitrogens with zero attached hydrogens (tertiary/aromatic N) is 5. The number of aromatic nitrogens is 3. The third-order valence-electron chi connectivity index (χ3n) is 8.88. The van der Waals surface area contributed by atoms with Gasteiger partial charge in [-0.05, 0) is 68.7 Å². The Morgan fingerprint density at radius 2 is 1.80 bits per heavy atom. The van der Waals surface area contributed by atoms with Crippen LogP contribution in [0, 0.1) is 12.7 Å². The van der Waals surface area contributed by atoms with E-state index in [1.807, 2.05) is 24.8 Å². The van der Waals surface area contributed by atoms with Crippen molar-refractivity contribution in [2.24, 2.45) is 7.05 Å². The van der Waals surface area contributed by atoms with Crippen molar-refractivity contribution in [3.8, 4) is 11.4 Å². The largest absolute Gasteiger partial charge is 0.377 e. The summed E-state index contributed by atoms with van der Waals surface area (Å²) < 4.78 is 20.0. The maximum absolute atomic E-state index is 15.9. The predicted molar refractivity (Wildman–Crippen MR) is 181 cm³/mol. The highest BCUT2D eigenvalue weighted by Crippen LogP contribution is 2.38. The number of pyridine rings is 1. The number of amides is 2. The Labute approximate surface area is 275 Å². The van der Waals surface area contributed by atoms with Crippen LogP contribution >= 0.6 is 23.5 Å². The Kier molecular flexibility index (Phi) is 8.68. The van der Waals surface area contributed by atoms with E-state index in [1.165, 1.54) is 10.6 Å². The monoisotopic (exact) mass is 663 g/mol. The average molecular weight is 664 g/mol. The number of carbonyl (C=O) groups is 2. The molecule has 2 aromatic heterocycles. The number of rotatable bonds is 7. The second kappa shape index (κ2) is 12.6. The zero-order chi connectivity index (χ0) is 32.9. The van der Waals surface area contributed by atoms with Crippen LogP contribution < -0.4 is 20.5 Å².